The number of rotatable bonds is 3. The minimum absolute atomic E-state index is 0.0495. The molecule has 30 heavy (non-hydrogen) atoms. The number of carbonyl (C=O) groups is 2. The largest absolute Gasteiger partial charge is 0.507 e. The molecule has 1 heterocycles. The van der Waals surface area contributed by atoms with Crippen LogP contribution in [0.25, 0.3) is 5.76 Å². The van der Waals surface area contributed by atoms with Gasteiger partial charge in [0.2, 0.25) is 0 Å². The minimum Gasteiger partial charge on any atom is -0.507 e. The third-order valence-corrected chi connectivity index (χ3v) is 5.45. The SMILES string of the molecule is Cc1ccc(N2C(=O)C(=O)/C(=C(\O)c3cccc(Cl)c3)C2c2cccc(C)c2)cc1. The summed E-state index contributed by atoms with van der Waals surface area (Å²) in [6.07, 6.45) is 0. The van der Waals surface area contributed by atoms with Gasteiger partial charge in [-0.3, -0.25) is 14.5 Å². The Morgan fingerprint density at radius 3 is 2.27 bits per heavy atom. The molecule has 3 aromatic rings. The fourth-order valence-corrected chi connectivity index (χ4v) is 3.94. The molecule has 1 amide bonds. The summed E-state index contributed by atoms with van der Waals surface area (Å²) in [4.78, 5) is 27.6. The lowest BCUT2D eigenvalue weighted by Crippen LogP contribution is -2.29. The minimum atomic E-state index is -0.744. The summed E-state index contributed by atoms with van der Waals surface area (Å²) in [6, 6.07) is 20.8. The summed E-state index contributed by atoms with van der Waals surface area (Å²) >= 11 is 6.08. The van der Waals surface area contributed by atoms with Gasteiger partial charge in [0, 0.05) is 16.3 Å². The maximum absolute atomic E-state index is 13.1. The Labute approximate surface area is 180 Å². The lowest BCUT2D eigenvalue weighted by atomic mass is 9.94. The Bertz CT molecular complexity index is 1180. The summed E-state index contributed by atoms with van der Waals surface area (Å²) in [7, 11) is 0. The summed E-state index contributed by atoms with van der Waals surface area (Å²) in [6.45, 7) is 3.90. The van der Waals surface area contributed by atoms with Gasteiger partial charge in [0.05, 0.1) is 11.6 Å². The zero-order valence-corrected chi connectivity index (χ0v) is 17.4. The third kappa shape index (κ3) is 3.51. The van der Waals surface area contributed by atoms with Crippen LogP contribution in [0, 0.1) is 13.8 Å². The normalized spacial score (nSPS) is 18.1. The molecule has 150 valence electrons. The molecule has 0 bridgehead atoms. The highest BCUT2D eigenvalue weighted by molar-refractivity contribution is 6.51. The Hall–Kier alpha value is -3.37. The van der Waals surface area contributed by atoms with E-state index in [-0.39, 0.29) is 11.3 Å². The average Bonchev–Trinajstić information content (AvgIpc) is 2.99. The molecule has 4 rings (SSSR count). The topological polar surface area (TPSA) is 57.6 Å². The van der Waals surface area contributed by atoms with Crippen molar-refractivity contribution >= 4 is 34.7 Å². The van der Waals surface area contributed by atoms with Gasteiger partial charge in [-0.25, -0.2) is 0 Å². The van der Waals surface area contributed by atoms with Crippen molar-refractivity contribution in [2.24, 2.45) is 0 Å². The molecule has 1 atom stereocenters. The van der Waals surface area contributed by atoms with Crippen LogP contribution < -0.4 is 4.90 Å². The number of ketones is 1. The van der Waals surface area contributed by atoms with E-state index < -0.39 is 17.7 Å². The second kappa shape index (κ2) is 7.81. The Kier molecular flexibility index (Phi) is 5.18. The van der Waals surface area contributed by atoms with Gasteiger partial charge in [-0.15, -0.1) is 0 Å². The molecule has 1 N–H and O–H groups in total. The van der Waals surface area contributed by atoms with Crippen LogP contribution in [0.3, 0.4) is 0 Å². The van der Waals surface area contributed by atoms with Crippen LogP contribution in [0.5, 0.6) is 0 Å². The number of halogens is 1. The van der Waals surface area contributed by atoms with Crippen LogP contribution in [0.1, 0.15) is 28.3 Å². The van der Waals surface area contributed by atoms with E-state index in [4.69, 9.17) is 11.6 Å². The van der Waals surface area contributed by atoms with Gasteiger partial charge in [-0.2, -0.15) is 0 Å². The van der Waals surface area contributed by atoms with Crippen molar-refractivity contribution in [1.82, 2.24) is 0 Å². The van der Waals surface area contributed by atoms with E-state index in [0.29, 0.717) is 16.3 Å². The first kappa shape index (κ1) is 19.9. The maximum atomic E-state index is 13.1. The number of carbonyl (C=O) groups excluding carboxylic acids is 2. The zero-order valence-electron chi connectivity index (χ0n) is 16.6. The van der Waals surface area contributed by atoms with Crippen LogP contribution in [0.4, 0.5) is 5.69 Å². The molecule has 0 radical (unpaired) electrons. The molecule has 4 nitrogen and oxygen atoms in total. The summed E-state index contributed by atoms with van der Waals surface area (Å²) in [5.41, 5.74) is 3.82. The molecule has 1 fully saturated rings. The van der Waals surface area contributed by atoms with Gasteiger partial charge in [0.15, 0.2) is 0 Å². The molecule has 1 aliphatic rings. The second-order valence-corrected chi connectivity index (χ2v) is 7.87. The summed E-state index contributed by atoms with van der Waals surface area (Å²) < 4.78 is 0. The van der Waals surface area contributed by atoms with Gasteiger partial charge in [-0.1, -0.05) is 71.3 Å². The van der Waals surface area contributed by atoms with E-state index in [1.165, 1.54) is 4.90 Å². The van der Waals surface area contributed by atoms with Crippen LogP contribution >= 0.6 is 11.6 Å². The number of benzene rings is 3. The van der Waals surface area contributed by atoms with Crippen molar-refractivity contribution in [1.29, 1.82) is 0 Å². The number of aliphatic hydroxyl groups is 1. The van der Waals surface area contributed by atoms with Crippen LogP contribution in [-0.2, 0) is 9.59 Å². The quantitative estimate of drug-likeness (QED) is 0.343. The monoisotopic (exact) mass is 417 g/mol. The fraction of sp³-hybridized carbons (Fsp3) is 0.120. The Morgan fingerprint density at radius 1 is 0.900 bits per heavy atom. The highest BCUT2D eigenvalue weighted by Crippen LogP contribution is 2.42. The fourth-order valence-electron chi connectivity index (χ4n) is 3.75. The van der Waals surface area contributed by atoms with Crippen molar-refractivity contribution < 1.29 is 14.7 Å². The third-order valence-electron chi connectivity index (χ3n) is 5.21. The van der Waals surface area contributed by atoms with E-state index >= 15 is 0 Å². The van der Waals surface area contributed by atoms with Crippen molar-refractivity contribution in [3.05, 3.63) is 106 Å². The van der Waals surface area contributed by atoms with Crippen LogP contribution in [0.2, 0.25) is 5.02 Å². The lowest BCUT2D eigenvalue weighted by Gasteiger charge is -2.26. The first-order valence-corrected chi connectivity index (χ1v) is 9.95. The molecular formula is C25H20ClNO3. The lowest BCUT2D eigenvalue weighted by molar-refractivity contribution is -0.132. The van der Waals surface area contributed by atoms with Crippen molar-refractivity contribution in [3.8, 4) is 0 Å². The number of aryl methyl sites for hydroxylation is 2. The molecule has 1 saturated heterocycles. The predicted octanol–water partition coefficient (Wildman–Crippen LogP) is 5.58. The van der Waals surface area contributed by atoms with Gasteiger partial charge in [0.25, 0.3) is 11.7 Å². The second-order valence-electron chi connectivity index (χ2n) is 7.43. The van der Waals surface area contributed by atoms with Crippen molar-refractivity contribution in [3.63, 3.8) is 0 Å². The smallest absolute Gasteiger partial charge is 0.300 e. The molecule has 1 aliphatic heterocycles. The highest BCUT2D eigenvalue weighted by Gasteiger charge is 2.46. The molecule has 1 unspecified atom stereocenters. The number of Topliss-reactive ketones (excluding diaryl/α,β-unsaturated/α-hetero) is 1. The Balaban J connectivity index is 1.96. The molecule has 0 aromatic heterocycles. The summed E-state index contributed by atoms with van der Waals surface area (Å²) in [5.74, 6) is -1.63. The number of hydrogen-bond acceptors (Lipinski definition) is 3. The number of aliphatic hydroxyl groups excluding tert-OH is 1. The van der Waals surface area contributed by atoms with Gasteiger partial charge >= 0.3 is 0 Å². The molecule has 0 saturated carbocycles. The molecule has 3 aromatic carbocycles. The zero-order chi connectivity index (χ0) is 21.4. The van der Waals surface area contributed by atoms with E-state index in [9.17, 15) is 14.7 Å². The van der Waals surface area contributed by atoms with E-state index in [1.54, 1.807) is 24.3 Å². The number of nitrogens with zero attached hydrogens (tertiary/aromatic N) is 1. The Morgan fingerprint density at radius 2 is 1.60 bits per heavy atom. The molecule has 0 aliphatic carbocycles. The number of hydrogen-bond donors (Lipinski definition) is 1. The van der Waals surface area contributed by atoms with Crippen molar-refractivity contribution in [2.45, 2.75) is 19.9 Å². The number of anilines is 1. The summed E-state index contributed by atoms with van der Waals surface area (Å²) in [5, 5.41) is 11.5. The standard InChI is InChI=1S/C25H20ClNO3/c1-15-9-11-20(12-10-15)27-22(17-6-3-5-16(2)13-17)21(24(29)25(27)30)23(28)18-7-4-8-19(26)14-18/h3-14,22,28H,1-2H3/b23-21-. The van der Waals surface area contributed by atoms with Gasteiger partial charge in [0.1, 0.15) is 5.76 Å². The first-order valence-electron chi connectivity index (χ1n) is 9.57. The molecule has 0 spiro atoms. The van der Waals surface area contributed by atoms with Crippen LogP contribution in [0.15, 0.2) is 78.4 Å². The average molecular weight is 418 g/mol. The van der Waals surface area contributed by atoms with E-state index in [2.05, 4.69) is 0 Å². The van der Waals surface area contributed by atoms with Gasteiger partial charge < -0.3 is 5.11 Å². The maximum Gasteiger partial charge on any atom is 0.300 e. The number of amides is 1. The van der Waals surface area contributed by atoms with E-state index in [1.807, 2.05) is 62.4 Å². The van der Waals surface area contributed by atoms with Crippen molar-refractivity contribution in [2.75, 3.05) is 4.90 Å². The first-order chi connectivity index (χ1) is 14.4. The molecular weight excluding hydrogens is 398 g/mol. The highest BCUT2D eigenvalue weighted by atomic mass is 35.5. The van der Waals surface area contributed by atoms with E-state index in [0.717, 1.165) is 16.7 Å². The van der Waals surface area contributed by atoms with Gasteiger partial charge in [-0.05, 0) is 43.7 Å². The predicted molar refractivity (Wildman–Crippen MR) is 119 cm³/mol. The van der Waals surface area contributed by atoms with Crippen LogP contribution in [-0.4, -0.2) is 16.8 Å². The molecule has 5 heteroatoms.